The number of nitrogen functional groups attached to an aromatic ring is 1. The maximum absolute atomic E-state index is 13.4. The van der Waals surface area contributed by atoms with Crippen LogP contribution in [0.1, 0.15) is 23.2 Å². The predicted octanol–water partition coefficient (Wildman–Crippen LogP) is 2.11. The second-order valence-electron chi connectivity index (χ2n) is 3.90. The molecular weight excluding hydrogens is 216 g/mol. The van der Waals surface area contributed by atoms with E-state index >= 15 is 0 Å². The number of hydrogen-bond acceptors (Lipinski definition) is 3. The number of carbonyl (C=O) groups excluding carboxylic acids is 1. The van der Waals surface area contributed by atoms with Crippen LogP contribution in [0, 0.1) is 17.6 Å². The first-order valence-electron chi connectivity index (χ1n) is 4.99. The second-order valence-corrected chi connectivity index (χ2v) is 3.90. The number of benzene rings is 1. The van der Waals surface area contributed by atoms with Gasteiger partial charge in [0.05, 0.1) is 12.3 Å². The monoisotopic (exact) mass is 227 g/mol. The Morgan fingerprint density at radius 1 is 1.44 bits per heavy atom. The van der Waals surface area contributed by atoms with E-state index in [9.17, 15) is 13.6 Å². The second kappa shape index (κ2) is 4.08. The summed E-state index contributed by atoms with van der Waals surface area (Å²) in [5, 5.41) is 0. The Kier molecular flexibility index (Phi) is 2.77. The molecule has 0 saturated heterocycles. The van der Waals surface area contributed by atoms with Gasteiger partial charge in [-0.05, 0) is 30.9 Å². The molecule has 2 rings (SSSR count). The van der Waals surface area contributed by atoms with E-state index < -0.39 is 28.9 Å². The Labute approximate surface area is 91.2 Å². The number of rotatable bonds is 3. The first-order valence-corrected chi connectivity index (χ1v) is 4.99. The van der Waals surface area contributed by atoms with Gasteiger partial charge >= 0.3 is 5.97 Å². The fourth-order valence-electron chi connectivity index (χ4n) is 1.31. The van der Waals surface area contributed by atoms with Crippen LogP contribution in [0.25, 0.3) is 0 Å². The lowest BCUT2D eigenvalue weighted by Gasteiger charge is -2.06. The van der Waals surface area contributed by atoms with Gasteiger partial charge in [-0.3, -0.25) is 0 Å². The molecule has 0 aromatic heterocycles. The lowest BCUT2D eigenvalue weighted by molar-refractivity contribution is 0.0480. The number of ether oxygens (including phenoxy) is 1. The molecule has 0 bridgehead atoms. The molecule has 1 aromatic rings. The van der Waals surface area contributed by atoms with Crippen molar-refractivity contribution < 1.29 is 18.3 Å². The van der Waals surface area contributed by atoms with Gasteiger partial charge in [-0.15, -0.1) is 0 Å². The third kappa shape index (κ3) is 2.29. The summed E-state index contributed by atoms with van der Waals surface area (Å²) in [5.74, 6) is -2.17. The molecule has 5 heteroatoms. The van der Waals surface area contributed by atoms with Crippen LogP contribution in [0.15, 0.2) is 12.1 Å². The van der Waals surface area contributed by atoms with E-state index in [0.717, 1.165) is 25.0 Å². The molecule has 16 heavy (non-hydrogen) atoms. The van der Waals surface area contributed by atoms with Crippen molar-refractivity contribution in [2.45, 2.75) is 12.8 Å². The molecule has 1 fully saturated rings. The molecule has 1 saturated carbocycles. The van der Waals surface area contributed by atoms with Crippen LogP contribution in [0.3, 0.4) is 0 Å². The average molecular weight is 227 g/mol. The van der Waals surface area contributed by atoms with Gasteiger partial charge in [0.2, 0.25) is 0 Å². The van der Waals surface area contributed by atoms with Crippen LogP contribution in [0.5, 0.6) is 0 Å². The first kappa shape index (κ1) is 10.9. The highest BCUT2D eigenvalue weighted by Crippen LogP contribution is 2.29. The van der Waals surface area contributed by atoms with E-state index in [1.54, 1.807) is 0 Å². The molecule has 2 N–H and O–H groups in total. The zero-order valence-corrected chi connectivity index (χ0v) is 8.50. The van der Waals surface area contributed by atoms with Crippen LogP contribution >= 0.6 is 0 Å². The molecule has 0 amide bonds. The highest BCUT2D eigenvalue weighted by Gasteiger charge is 2.24. The number of carbonyl (C=O) groups is 1. The van der Waals surface area contributed by atoms with E-state index in [-0.39, 0.29) is 6.61 Å². The van der Waals surface area contributed by atoms with Gasteiger partial charge in [-0.25, -0.2) is 13.6 Å². The lowest BCUT2D eigenvalue weighted by atomic mass is 10.2. The lowest BCUT2D eigenvalue weighted by Crippen LogP contribution is -2.11. The van der Waals surface area contributed by atoms with Gasteiger partial charge in [0, 0.05) is 0 Å². The molecule has 1 aliphatic carbocycles. The number of esters is 1. The maximum atomic E-state index is 13.4. The average Bonchev–Trinajstić information content (AvgIpc) is 3.03. The van der Waals surface area contributed by atoms with E-state index in [0.29, 0.717) is 5.92 Å². The van der Waals surface area contributed by atoms with Crippen LogP contribution in [0.4, 0.5) is 14.5 Å². The van der Waals surface area contributed by atoms with Crippen molar-refractivity contribution in [1.29, 1.82) is 0 Å². The molecule has 86 valence electrons. The van der Waals surface area contributed by atoms with E-state index in [1.807, 2.05) is 0 Å². The molecule has 0 heterocycles. The minimum absolute atomic E-state index is 0.259. The van der Waals surface area contributed by atoms with Crippen molar-refractivity contribution in [2.75, 3.05) is 12.3 Å². The summed E-state index contributed by atoms with van der Waals surface area (Å²) in [4.78, 5) is 11.4. The van der Waals surface area contributed by atoms with Crippen molar-refractivity contribution in [2.24, 2.45) is 5.92 Å². The van der Waals surface area contributed by atoms with Gasteiger partial charge in [-0.2, -0.15) is 0 Å². The Hall–Kier alpha value is -1.65. The van der Waals surface area contributed by atoms with Gasteiger partial charge in [0.15, 0.2) is 5.82 Å². The van der Waals surface area contributed by atoms with Crippen LogP contribution < -0.4 is 5.73 Å². The van der Waals surface area contributed by atoms with Crippen LogP contribution in [-0.4, -0.2) is 12.6 Å². The Balaban J connectivity index is 2.14. The normalized spacial score (nSPS) is 14.9. The van der Waals surface area contributed by atoms with Crippen LogP contribution in [-0.2, 0) is 4.74 Å². The van der Waals surface area contributed by atoms with Crippen molar-refractivity contribution in [3.8, 4) is 0 Å². The van der Waals surface area contributed by atoms with Crippen molar-refractivity contribution in [3.63, 3.8) is 0 Å². The van der Waals surface area contributed by atoms with Gasteiger partial charge in [-0.1, -0.05) is 0 Å². The SMILES string of the molecule is Nc1cc(F)cc(C(=O)OCC2CC2)c1F. The minimum atomic E-state index is -0.929. The summed E-state index contributed by atoms with van der Waals surface area (Å²) < 4.78 is 31.1. The standard InChI is InChI=1S/C11H11F2NO2/c12-7-3-8(10(13)9(14)4-7)11(15)16-5-6-1-2-6/h3-4,6H,1-2,5,14H2. The number of hydrogen-bond donors (Lipinski definition) is 1. The van der Waals surface area contributed by atoms with Crippen molar-refractivity contribution >= 4 is 11.7 Å². The highest BCUT2D eigenvalue weighted by atomic mass is 19.1. The molecule has 0 atom stereocenters. The van der Waals surface area contributed by atoms with Gasteiger partial charge in [0.1, 0.15) is 11.4 Å². The number of anilines is 1. The zero-order valence-electron chi connectivity index (χ0n) is 8.50. The molecule has 0 aliphatic heterocycles. The number of nitrogens with two attached hydrogens (primary N) is 1. The fraction of sp³-hybridized carbons (Fsp3) is 0.364. The highest BCUT2D eigenvalue weighted by molar-refractivity contribution is 5.90. The van der Waals surface area contributed by atoms with Crippen molar-refractivity contribution in [3.05, 3.63) is 29.3 Å². The van der Waals surface area contributed by atoms with E-state index in [4.69, 9.17) is 10.5 Å². The quantitative estimate of drug-likeness (QED) is 0.635. The topological polar surface area (TPSA) is 52.3 Å². The summed E-state index contributed by atoms with van der Waals surface area (Å²) in [5.41, 5.74) is 4.37. The maximum Gasteiger partial charge on any atom is 0.341 e. The Bertz CT molecular complexity index is 430. The molecule has 1 aromatic carbocycles. The first-order chi connectivity index (χ1) is 7.58. The molecule has 0 spiro atoms. The minimum Gasteiger partial charge on any atom is -0.462 e. The Morgan fingerprint density at radius 3 is 2.75 bits per heavy atom. The van der Waals surface area contributed by atoms with Gasteiger partial charge < -0.3 is 10.5 Å². The molecule has 3 nitrogen and oxygen atoms in total. The third-order valence-corrected chi connectivity index (χ3v) is 2.43. The van der Waals surface area contributed by atoms with E-state index in [2.05, 4.69) is 0 Å². The summed E-state index contributed by atoms with van der Waals surface area (Å²) >= 11 is 0. The largest absolute Gasteiger partial charge is 0.462 e. The summed E-state index contributed by atoms with van der Waals surface area (Å²) in [6.45, 7) is 0.259. The van der Waals surface area contributed by atoms with Crippen LogP contribution in [0.2, 0.25) is 0 Å². The smallest absolute Gasteiger partial charge is 0.341 e. The molecular formula is C11H11F2NO2. The molecule has 0 unspecified atom stereocenters. The third-order valence-electron chi connectivity index (χ3n) is 2.43. The van der Waals surface area contributed by atoms with E-state index in [1.165, 1.54) is 0 Å². The fourth-order valence-corrected chi connectivity index (χ4v) is 1.31. The Morgan fingerprint density at radius 2 is 2.12 bits per heavy atom. The van der Waals surface area contributed by atoms with Crippen molar-refractivity contribution in [1.82, 2.24) is 0 Å². The summed E-state index contributed by atoms with van der Waals surface area (Å²) in [6, 6.07) is 1.62. The summed E-state index contributed by atoms with van der Waals surface area (Å²) in [7, 11) is 0. The predicted molar refractivity (Wildman–Crippen MR) is 53.8 cm³/mol. The zero-order chi connectivity index (χ0) is 11.7. The number of halogens is 2. The summed E-state index contributed by atoms with van der Waals surface area (Å²) in [6.07, 6.45) is 2.03. The molecule has 1 aliphatic rings. The van der Waals surface area contributed by atoms with Gasteiger partial charge in [0.25, 0.3) is 0 Å². The molecule has 0 radical (unpaired) electrons.